The number of unbranched alkanes of at least 4 members (excludes halogenated alkanes) is 4. The van der Waals surface area contributed by atoms with E-state index in [4.69, 9.17) is 25.4 Å². The highest BCUT2D eigenvalue weighted by Gasteiger charge is 2.38. The molecule has 1 heterocycles. The third-order valence-corrected chi connectivity index (χ3v) is 4.62. The van der Waals surface area contributed by atoms with Crippen molar-refractivity contribution in [1.29, 1.82) is 5.41 Å². The number of carbonyl (C=O) groups is 2. The molecule has 4 atom stereocenters. The average Bonchev–Trinajstić information content (AvgIpc) is 2.66. The predicted octanol–water partition coefficient (Wildman–Crippen LogP) is 0.875. The number of ether oxygens (including phenoxy) is 3. The Morgan fingerprint density at radius 3 is 2.62 bits per heavy atom. The van der Waals surface area contributed by atoms with Crippen LogP contribution in [0.25, 0.3) is 0 Å². The van der Waals surface area contributed by atoms with Crippen molar-refractivity contribution < 1.29 is 34.0 Å². The van der Waals surface area contributed by atoms with Crippen molar-refractivity contribution in [3.63, 3.8) is 0 Å². The molecule has 0 fully saturated rings. The highest BCUT2D eigenvalue weighted by Crippen LogP contribution is 2.25. The van der Waals surface area contributed by atoms with Gasteiger partial charge in [0.05, 0.1) is 12.6 Å². The molecule has 1 aliphatic heterocycles. The van der Waals surface area contributed by atoms with Crippen molar-refractivity contribution >= 4 is 17.9 Å². The molecular formula is C19H33N3O7. The summed E-state index contributed by atoms with van der Waals surface area (Å²) in [6.45, 7) is 1.61. The monoisotopic (exact) mass is 415 g/mol. The molecule has 0 amide bonds. The Hall–Kier alpha value is -2.33. The summed E-state index contributed by atoms with van der Waals surface area (Å²) < 4.78 is 16.2. The maximum Gasteiger partial charge on any atom is 0.370 e. The third kappa shape index (κ3) is 8.70. The van der Waals surface area contributed by atoms with Crippen LogP contribution in [0.3, 0.4) is 0 Å². The minimum absolute atomic E-state index is 0.208. The summed E-state index contributed by atoms with van der Waals surface area (Å²) in [5.41, 5.74) is 5.34. The third-order valence-electron chi connectivity index (χ3n) is 4.62. The van der Waals surface area contributed by atoms with Crippen molar-refractivity contribution in [2.75, 3.05) is 13.7 Å². The molecule has 0 radical (unpaired) electrons. The normalized spacial score (nSPS) is 20.7. The van der Waals surface area contributed by atoms with Crippen LogP contribution in [-0.2, 0) is 23.8 Å². The number of nitrogens with two attached hydrogens (primary N) is 1. The van der Waals surface area contributed by atoms with Crippen LogP contribution in [0, 0.1) is 5.41 Å². The SMILES string of the molecule is CCCCCCCC(=O)O[C@H](CO)[C@@H](OC)C1CC(NC(=N)N)C=C(C(=O)O)O1. The van der Waals surface area contributed by atoms with Crippen LogP contribution >= 0.6 is 0 Å². The maximum absolute atomic E-state index is 12.1. The summed E-state index contributed by atoms with van der Waals surface area (Å²) in [7, 11) is 1.36. The number of carbonyl (C=O) groups excluding carboxylic acids is 1. The Labute approximate surface area is 170 Å². The Morgan fingerprint density at radius 1 is 1.38 bits per heavy atom. The first kappa shape index (κ1) is 24.7. The van der Waals surface area contributed by atoms with E-state index in [0.717, 1.165) is 25.7 Å². The molecule has 0 aromatic rings. The lowest BCUT2D eigenvalue weighted by Crippen LogP contribution is -2.51. The molecule has 0 aromatic heterocycles. The van der Waals surface area contributed by atoms with Gasteiger partial charge in [0.1, 0.15) is 12.2 Å². The van der Waals surface area contributed by atoms with Crippen LogP contribution in [0.1, 0.15) is 51.9 Å². The van der Waals surface area contributed by atoms with E-state index in [2.05, 4.69) is 12.2 Å². The molecule has 166 valence electrons. The smallest absolute Gasteiger partial charge is 0.370 e. The molecule has 1 rings (SSSR count). The molecule has 29 heavy (non-hydrogen) atoms. The summed E-state index contributed by atoms with van der Waals surface area (Å²) >= 11 is 0. The standard InChI is InChI=1S/C19H33N3O7/c1-3-4-5-6-7-8-16(24)29-15(11-23)17(27-2)13-9-12(22-19(20)21)10-14(28-13)18(25)26/h10,12-13,15,17,23H,3-9,11H2,1-2H3,(H,25,26)(H4,20,21,22)/t12?,13?,15-,17+/m1/s1. The van der Waals surface area contributed by atoms with Crippen molar-refractivity contribution in [2.45, 2.75) is 76.2 Å². The van der Waals surface area contributed by atoms with Gasteiger partial charge in [0.15, 0.2) is 12.1 Å². The van der Waals surface area contributed by atoms with Gasteiger partial charge in [-0.1, -0.05) is 32.6 Å². The lowest BCUT2D eigenvalue weighted by atomic mass is 9.97. The minimum atomic E-state index is -1.29. The number of hydrogen-bond donors (Lipinski definition) is 5. The molecule has 0 saturated carbocycles. The summed E-state index contributed by atoms with van der Waals surface area (Å²) in [6.07, 6.45) is 3.92. The van der Waals surface area contributed by atoms with Crippen molar-refractivity contribution in [3.05, 3.63) is 11.8 Å². The molecule has 0 aromatic carbocycles. The fourth-order valence-corrected chi connectivity index (χ4v) is 3.23. The second-order valence-corrected chi connectivity index (χ2v) is 6.97. The number of carboxylic acids is 1. The zero-order valence-electron chi connectivity index (χ0n) is 17.1. The van der Waals surface area contributed by atoms with E-state index in [1.54, 1.807) is 0 Å². The molecule has 0 spiro atoms. The Bertz CT molecular complexity index is 582. The van der Waals surface area contributed by atoms with Crippen LogP contribution in [0.4, 0.5) is 0 Å². The predicted molar refractivity (Wildman–Crippen MR) is 105 cm³/mol. The van der Waals surface area contributed by atoms with Gasteiger partial charge >= 0.3 is 11.9 Å². The molecule has 1 aliphatic rings. The van der Waals surface area contributed by atoms with E-state index in [0.29, 0.717) is 6.42 Å². The lowest BCUT2D eigenvalue weighted by molar-refractivity contribution is -0.171. The van der Waals surface area contributed by atoms with E-state index < -0.39 is 42.9 Å². The zero-order valence-corrected chi connectivity index (χ0v) is 17.1. The molecular weight excluding hydrogens is 382 g/mol. The highest BCUT2D eigenvalue weighted by molar-refractivity contribution is 5.85. The van der Waals surface area contributed by atoms with Crippen LogP contribution < -0.4 is 11.1 Å². The lowest BCUT2D eigenvalue weighted by Gasteiger charge is -2.36. The summed E-state index contributed by atoms with van der Waals surface area (Å²) in [6, 6.07) is -0.580. The first-order valence-corrected chi connectivity index (χ1v) is 9.87. The van der Waals surface area contributed by atoms with Crippen LogP contribution in [0.5, 0.6) is 0 Å². The van der Waals surface area contributed by atoms with E-state index in [1.807, 2.05) is 0 Å². The fraction of sp³-hybridized carbons (Fsp3) is 0.737. The number of aliphatic hydroxyl groups excluding tert-OH is 1. The number of esters is 1. The average molecular weight is 415 g/mol. The fourth-order valence-electron chi connectivity index (χ4n) is 3.23. The van der Waals surface area contributed by atoms with E-state index in [9.17, 15) is 19.8 Å². The second-order valence-electron chi connectivity index (χ2n) is 6.97. The van der Waals surface area contributed by atoms with Crippen LogP contribution in [-0.4, -0.2) is 66.2 Å². The number of nitrogens with one attached hydrogen (secondary N) is 2. The van der Waals surface area contributed by atoms with E-state index in [-0.39, 0.29) is 24.6 Å². The van der Waals surface area contributed by atoms with E-state index >= 15 is 0 Å². The van der Waals surface area contributed by atoms with Crippen LogP contribution in [0.2, 0.25) is 0 Å². The number of carboxylic acid groups (broad SMARTS) is 1. The zero-order chi connectivity index (χ0) is 21.8. The summed E-state index contributed by atoms with van der Waals surface area (Å²) in [5, 5.41) is 29.0. The van der Waals surface area contributed by atoms with Gasteiger partial charge in [0.25, 0.3) is 0 Å². The molecule has 2 unspecified atom stereocenters. The Balaban J connectivity index is 2.75. The highest BCUT2D eigenvalue weighted by atomic mass is 16.6. The van der Waals surface area contributed by atoms with Gasteiger partial charge in [-0.25, -0.2) is 4.79 Å². The minimum Gasteiger partial charge on any atom is -0.480 e. The second kappa shape index (κ2) is 13.0. The van der Waals surface area contributed by atoms with Crippen molar-refractivity contribution in [1.82, 2.24) is 5.32 Å². The van der Waals surface area contributed by atoms with Gasteiger partial charge < -0.3 is 35.5 Å². The molecule has 0 saturated heterocycles. The number of aliphatic carboxylic acids is 1. The van der Waals surface area contributed by atoms with Gasteiger partial charge in [0.2, 0.25) is 5.76 Å². The number of rotatable bonds is 13. The van der Waals surface area contributed by atoms with Crippen LogP contribution in [0.15, 0.2) is 11.8 Å². The number of hydrogen-bond acceptors (Lipinski definition) is 7. The summed E-state index contributed by atoms with van der Waals surface area (Å²) in [4.78, 5) is 23.5. The van der Waals surface area contributed by atoms with Crippen molar-refractivity contribution in [3.8, 4) is 0 Å². The van der Waals surface area contributed by atoms with Gasteiger partial charge in [-0.15, -0.1) is 0 Å². The quantitative estimate of drug-likeness (QED) is 0.127. The molecule has 10 heteroatoms. The topological polar surface area (TPSA) is 164 Å². The maximum atomic E-state index is 12.1. The van der Waals surface area contributed by atoms with Crippen molar-refractivity contribution in [2.24, 2.45) is 5.73 Å². The largest absolute Gasteiger partial charge is 0.480 e. The number of aliphatic hydroxyl groups is 1. The molecule has 10 nitrogen and oxygen atoms in total. The summed E-state index contributed by atoms with van der Waals surface area (Å²) in [5.74, 6) is -2.39. The molecule has 0 bridgehead atoms. The number of guanidine groups is 1. The Kier molecular flexibility index (Phi) is 11.1. The van der Waals surface area contributed by atoms with E-state index in [1.165, 1.54) is 13.2 Å². The van der Waals surface area contributed by atoms with Gasteiger partial charge in [-0.05, 0) is 12.5 Å². The van der Waals surface area contributed by atoms with Gasteiger partial charge in [-0.3, -0.25) is 10.2 Å². The van der Waals surface area contributed by atoms with Gasteiger partial charge in [0, 0.05) is 20.0 Å². The number of methoxy groups -OCH3 is 1. The van der Waals surface area contributed by atoms with Gasteiger partial charge in [-0.2, -0.15) is 0 Å². The first-order valence-electron chi connectivity index (χ1n) is 9.87. The Morgan fingerprint density at radius 2 is 2.07 bits per heavy atom. The first-order chi connectivity index (χ1) is 13.8. The molecule has 0 aliphatic carbocycles. The molecule has 6 N–H and O–H groups in total.